The number of para-hydroxylation sites is 2. The molecule has 0 atom stereocenters. The van der Waals surface area contributed by atoms with Crippen LogP contribution >= 0.6 is 11.6 Å². The lowest BCUT2D eigenvalue weighted by atomic mass is 10.2. The second kappa shape index (κ2) is 9.15. The van der Waals surface area contributed by atoms with E-state index in [2.05, 4.69) is 10.0 Å². The molecule has 0 saturated carbocycles. The Morgan fingerprint density at radius 2 is 1.77 bits per heavy atom. The summed E-state index contributed by atoms with van der Waals surface area (Å²) in [7, 11) is -2.92. The number of benzene rings is 3. The fraction of sp³-hybridized carbons (Fsp3) is 0.0952. The lowest BCUT2D eigenvalue weighted by Gasteiger charge is -2.13. The predicted octanol–water partition coefficient (Wildman–Crippen LogP) is 4.22. The minimum absolute atomic E-state index is 0.00534. The van der Waals surface area contributed by atoms with Crippen LogP contribution in [0.1, 0.15) is 15.9 Å². The summed E-state index contributed by atoms with van der Waals surface area (Å²) in [6.45, 7) is 0.203. The van der Waals surface area contributed by atoms with E-state index in [1.165, 1.54) is 19.2 Å². The van der Waals surface area contributed by atoms with Gasteiger partial charge in [-0.25, -0.2) is 12.8 Å². The summed E-state index contributed by atoms with van der Waals surface area (Å²) < 4.78 is 47.2. The van der Waals surface area contributed by atoms with Crippen molar-refractivity contribution in [2.45, 2.75) is 11.4 Å². The van der Waals surface area contributed by atoms with Crippen molar-refractivity contribution in [3.8, 4) is 5.75 Å². The molecule has 0 aromatic heterocycles. The van der Waals surface area contributed by atoms with Crippen LogP contribution in [-0.4, -0.2) is 21.4 Å². The number of carbonyl (C=O) groups excluding carboxylic acids is 1. The number of hydrogen-bond donors (Lipinski definition) is 2. The summed E-state index contributed by atoms with van der Waals surface area (Å²) in [5.74, 6) is -1.25. The van der Waals surface area contributed by atoms with Crippen molar-refractivity contribution in [1.29, 1.82) is 0 Å². The summed E-state index contributed by atoms with van der Waals surface area (Å²) in [5.41, 5.74) is 0.961. The third-order valence-corrected chi connectivity index (χ3v) is 5.83. The Bertz CT molecular complexity index is 1170. The van der Waals surface area contributed by atoms with Gasteiger partial charge in [0.15, 0.2) is 0 Å². The highest BCUT2D eigenvalue weighted by molar-refractivity contribution is 7.92. The van der Waals surface area contributed by atoms with E-state index in [1.807, 2.05) is 0 Å². The van der Waals surface area contributed by atoms with Crippen molar-refractivity contribution in [3.05, 3.63) is 88.7 Å². The first-order valence-corrected chi connectivity index (χ1v) is 10.6. The van der Waals surface area contributed by atoms with Crippen LogP contribution in [0.25, 0.3) is 0 Å². The zero-order valence-electron chi connectivity index (χ0n) is 15.9. The van der Waals surface area contributed by atoms with Gasteiger partial charge >= 0.3 is 0 Å². The number of sulfonamides is 1. The number of nitrogens with one attached hydrogen (secondary N) is 2. The molecular formula is C21H18ClFN2O4S. The number of anilines is 1. The van der Waals surface area contributed by atoms with Crippen molar-refractivity contribution in [2.75, 3.05) is 11.8 Å². The maximum absolute atomic E-state index is 14.3. The number of halogens is 2. The van der Waals surface area contributed by atoms with Gasteiger partial charge in [0, 0.05) is 17.1 Å². The molecule has 3 aromatic rings. The van der Waals surface area contributed by atoms with Gasteiger partial charge in [-0.1, -0.05) is 35.9 Å². The average Bonchev–Trinajstić information content (AvgIpc) is 2.73. The standard InChI is InChI=1S/C21H18ClFN2O4S/c1-29-19-5-3-2-4-18(19)25-30(27,28)20-12-15(8-11-17(20)23)21(26)24-13-14-6-9-16(22)10-7-14/h2-12,25H,13H2,1H3,(H,24,26). The minimum Gasteiger partial charge on any atom is -0.495 e. The van der Waals surface area contributed by atoms with E-state index < -0.39 is 26.6 Å². The van der Waals surface area contributed by atoms with Crippen LogP contribution < -0.4 is 14.8 Å². The van der Waals surface area contributed by atoms with Gasteiger partial charge in [-0.3, -0.25) is 9.52 Å². The summed E-state index contributed by atoms with van der Waals surface area (Å²) in [6.07, 6.45) is 0. The fourth-order valence-corrected chi connectivity index (χ4v) is 3.97. The lowest BCUT2D eigenvalue weighted by molar-refractivity contribution is 0.0950. The molecule has 0 radical (unpaired) electrons. The van der Waals surface area contributed by atoms with Crippen LogP contribution in [0.15, 0.2) is 71.6 Å². The van der Waals surface area contributed by atoms with Gasteiger partial charge in [0.25, 0.3) is 15.9 Å². The van der Waals surface area contributed by atoms with Crippen LogP contribution in [0.3, 0.4) is 0 Å². The molecule has 6 nitrogen and oxygen atoms in total. The van der Waals surface area contributed by atoms with Crippen LogP contribution in [0.5, 0.6) is 5.75 Å². The number of rotatable bonds is 7. The molecule has 0 aliphatic rings. The van der Waals surface area contributed by atoms with Crippen molar-refractivity contribution in [3.63, 3.8) is 0 Å². The van der Waals surface area contributed by atoms with E-state index in [-0.39, 0.29) is 23.5 Å². The van der Waals surface area contributed by atoms with Gasteiger partial charge in [0.2, 0.25) is 0 Å². The topological polar surface area (TPSA) is 84.5 Å². The molecule has 0 heterocycles. The molecule has 0 spiro atoms. The molecule has 2 N–H and O–H groups in total. The number of carbonyl (C=O) groups is 1. The Balaban J connectivity index is 1.81. The highest BCUT2D eigenvalue weighted by atomic mass is 35.5. The molecule has 1 amide bonds. The first-order valence-electron chi connectivity index (χ1n) is 8.78. The Morgan fingerprint density at radius 3 is 2.47 bits per heavy atom. The maximum atomic E-state index is 14.3. The summed E-state index contributed by atoms with van der Waals surface area (Å²) in [6, 6.07) is 16.4. The Labute approximate surface area is 178 Å². The first kappa shape index (κ1) is 21.6. The molecule has 3 rings (SSSR count). The fourth-order valence-electron chi connectivity index (χ4n) is 2.67. The Kier molecular flexibility index (Phi) is 6.59. The first-order chi connectivity index (χ1) is 14.3. The number of amides is 1. The molecule has 0 saturated heterocycles. The predicted molar refractivity (Wildman–Crippen MR) is 113 cm³/mol. The van der Waals surface area contributed by atoms with Gasteiger partial charge < -0.3 is 10.1 Å². The van der Waals surface area contributed by atoms with E-state index >= 15 is 0 Å². The number of methoxy groups -OCH3 is 1. The molecule has 0 aliphatic heterocycles. The zero-order valence-corrected chi connectivity index (χ0v) is 17.4. The highest BCUT2D eigenvalue weighted by Gasteiger charge is 2.22. The van der Waals surface area contributed by atoms with Gasteiger partial charge in [0.05, 0.1) is 12.8 Å². The maximum Gasteiger partial charge on any atom is 0.264 e. The highest BCUT2D eigenvalue weighted by Crippen LogP contribution is 2.27. The van der Waals surface area contributed by atoms with Crippen molar-refractivity contribution >= 4 is 33.2 Å². The van der Waals surface area contributed by atoms with E-state index in [0.29, 0.717) is 5.02 Å². The van der Waals surface area contributed by atoms with Crippen molar-refractivity contribution < 1.29 is 22.3 Å². The smallest absolute Gasteiger partial charge is 0.264 e. The Morgan fingerprint density at radius 1 is 1.07 bits per heavy atom. The molecule has 3 aromatic carbocycles. The van der Waals surface area contributed by atoms with Gasteiger partial charge in [-0.2, -0.15) is 0 Å². The van der Waals surface area contributed by atoms with Gasteiger partial charge in [-0.15, -0.1) is 0 Å². The SMILES string of the molecule is COc1ccccc1NS(=O)(=O)c1cc(C(=O)NCc2ccc(Cl)cc2)ccc1F. The van der Waals surface area contributed by atoms with Crippen LogP contribution in [0.2, 0.25) is 5.02 Å². The minimum atomic E-state index is -4.30. The molecule has 0 bridgehead atoms. The van der Waals surface area contributed by atoms with E-state index in [4.69, 9.17) is 16.3 Å². The number of hydrogen-bond acceptors (Lipinski definition) is 4. The largest absolute Gasteiger partial charge is 0.495 e. The number of ether oxygens (including phenoxy) is 1. The Hall–Kier alpha value is -3.10. The van der Waals surface area contributed by atoms with Crippen LogP contribution in [0.4, 0.5) is 10.1 Å². The second-order valence-corrected chi connectivity index (χ2v) is 8.35. The quantitative estimate of drug-likeness (QED) is 0.566. The van der Waals surface area contributed by atoms with E-state index in [1.54, 1.807) is 42.5 Å². The third-order valence-electron chi connectivity index (χ3n) is 4.20. The molecule has 30 heavy (non-hydrogen) atoms. The van der Waals surface area contributed by atoms with E-state index in [0.717, 1.165) is 17.7 Å². The monoisotopic (exact) mass is 448 g/mol. The molecule has 156 valence electrons. The van der Waals surface area contributed by atoms with Gasteiger partial charge in [0.1, 0.15) is 16.5 Å². The summed E-state index contributed by atoms with van der Waals surface area (Å²) in [4.78, 5) is 11.8. The lowest BCUT2D eigenvalue weighted by Crippen LogP contribution is -2.23. The van der Waals surface area contributed by atoms with E-state index in [9.17, 15) is 17.6 Å². The van der Waals surface area contributed by atoms with Crippen LogP contribution in [0, 0.1) is 5.82 Å². The van der Waals surface area contributed by atoms with Crippen molar-refractivity contribution in [1.82, 2.24) is 5.32 Å². The molecule has 0 unspecified atom stereocenters. The average molecular weight is 449 g/mol. The second-order valence-electron chi connectivity index (χ2n) is 6.26. The van der Waals surface area contributed by atoms with Crippen LogP contribution in [-0.2, 0) is 16.6 Å². The van der Waals surface area contributed by atoms with Gasteiger partial charge in [-0.05, 0) is 48.0 Å². The molecule has 0 aliphatic carbocycles. The third kappa shape index (κ3) is 5.08. The van der Waals surface area contributed by atoms with Crippen molar-refractivity contribution in [2.24, 2.45) is 0 Å². The normalized spacial score (nSPS) is 11.0. The molecule has 0 fully saturated rings. The summed E-state index contributed by atoms with van der Waals surface area (Å²) >= 11 is 5.83. The molecule has 9 heteroatoms. The zero-order chi connectivity index (χ0) is 21.7. The summed E-state index contributed by atoms with van der Waals surface area (Å²) in [5, 5.41) is 3.23. The molecular weight excluding hydrogens is 431 g/mol.